The molecule has 1 amide bonds. The third-order valence-electron chi connectivity index (χ3n) is 4.53. The average Bonchev–Trinajstić information content (AvgIpc) is 3.07. The predicted octanol–water partition coefficient (Wildman–Crippen LogP) is 1.86. The normalized spacial score (nSPS) is 19.5. The Hall–Kier alpha value is -2.06. The minimum absolute atomic E-state index is 0.0238. The lowest BCUT2D eigenvalue weighted by molar-refractivity contribution is -0.00160. The lowest BCUT2D eigenvalue weighted by atomic mass is 10.1. The van der Waals surface area contributed by atoms with Gasteiger partial charge in [-0.2, -0.15) is 0 Å². The number of methoxy groups -OCH3 is 1. The van der Waals surface area contributed by atoms with Gasteiger partial charge in [-0.15, -0.1) is 0 Å². The lowest BCUT2D eigenvalue weighted by Gasteiger charge is -2.33. The largest absolute Gasteiger partial charge is 0.497 e. The Labute approximate surface area is 147 Å². The molecule has 0 radical (unpaired) electrons. The maximum atomic E-state index is 13.1. The Bertz CT molecular complexity index is 917. The van der Waals surface area contributed by atoms with Crippen molar-refractivity contribution in [3.05, 3.63) is 29.5 Å². The molecule has 1 fully saturated rings. The minimum atomic E-state index is -3.10. The first-order valence-corrected chi connectivity index (χ1v) is 9.84. The molecule has 25 heavy (non-hydrogen) atoms. The van der Waals surface area contributed by atoms with Crippen molar-refractivity contribution in [2.24, 2.45) is 0 Å². The van der Waals surface area contributed by atoms with Gasteiger partial charge in [-0.1, -0.05) is 0 Å². The minimum Gasteiger partial charge on any atom is -0.497 e. The summed E-state index contributed by atoms with van der Waals surface area (Å²) in [6.45, 7) is 1.82. The number of rotatable bonds is 4. The third-order valence-corrected chi connectivity index (χ3v) is 6.28. The molecule has 2 aromatic rings. The number of hydrazine groups is 1. The fraction of sp³-hybridized carbons (Fsp3) is 0.471. The van der Waals surface area contributed by atoms with E-state index < -0.39 is 9.84 Å². The van der Waals surface area contributed by atoms with Gasteiger partial charge in [0.25, 0.3) is 0 Å². The molecule has 1 aliphatic heterocycles. The number of nitrogens with zero attached hydrogens (tertiary/aromatic N) is 2. The van der Waals surface area contributed by atoms with Gasteiger partial charge in [0.1, 0.15) is 11.3 Å². The molecule has 1 unspecified atom stereocenters. The molecular weight excluding hydrogens is 344 g/mol. The number of benzene rings is 1. The zero-order valence-electron chi connectivity index (χ0n) is 14.8. The van der Waals surface area contributed by atoms with E-state index in [1.54, 1.807) is 38.3 Å². The fourth-order valence-corrected chi connectivity index (χ4v) is 4.97. The van der Waals surface area contributed by atoms with Crippen LogP contribution in [0.15, 0.2) is 22.6 Å². The fourth-order valence-electron chi connectivity index (χ4n) is 3.28. The maximum absolute atomic E-state index is 13.1. The molecule has 0 aliphatic carbocycles. The summed E-state index contributed by atoms with van der Waals surface area (Å²) >= 11 is 0. The molecule has 0 saturated carbocycles. The molecule has 0 bridgehead atoms. The Morgan fingerprint density at radius 2 is 2.04 bits per heavy atom. The smallest absolute Gasteiger partial charge is 0.304 e. The van der Waals surface area contributed by atoms with Crippen LogP contribution in [0.25, 0.3) is 11.0 Å². The molecule has 8 heteroatoms. The van der Waals surface area contributed by atoms with Crippen LogP contribution in [-0.2, 0) is 9.84 Å². The zero-order valence-corrected chi connectivity index (χ0v) is 15.6. The molecule has 2 heterocycles. The van der Waals surface area contributed by atoms with E-state index in [1.807, 2.05) is 13.0 Å². The quantitative estimate of drug-likeness (QED) is 0.769. The number of amides is 1. The molecule has 0 spiro atoms. The van der Waals surface area contributed by atoms with Gasteiger partial charge in [-0.05, 0) is 31.5 Å². The second-order valence-electron chi connectivity index (χ2n) is 6.47. The number of sulfone groups is 1. The van der Waals surface area contributed by atoms with Crippen LogP contribution in [0.3, 0.4) is 0 Å². The highest BCUT2D eigenvalue weighted by Gasteiger charge is 2.38. The summed E-state index contributed by atoms with van der Waals surface area (Å²) in [6.07, 6.45) is 0.430. The summed E-state index contributed by atoms with van der Waals surface area (Å²) in [6, 6.07) is 4.98. The van der Waals surface area contributed by atoms with Crippen molar-refractivity contribution in [1.29, 1.82) is 0 Å². The number of hydrogen-bond acceptors (Lipinski definition) is 6. The highest BCUT2D eigenvalue weighted by molar-refractivity contribution is 7.91. The highest BCUT2D eigenvalue weighted by Crippen LogP contribution is 2.31. The molecule has 1 atom stereocenters. The summed E-state index contributed by atoms with van der Waals surface area (Å²) < 4.78 is 34.6. The van der Waals surface area contributed by atoms with E-state index in [9.17, 15) is 13.2 Å². The predicted molar refractivity (Wildman–Crippen MR) is 94.4 cm³/mol. The number of aryl methyl sites for hydroxylation is 1. The number of furan rings is 1. The van der Waals surface area contributed by atoms with Crippen molar-refractivity contribution < 1.29 is 22.4 Å². The zero-order chi connectivity index (χ0) is 18.4. The summed E-state index contributed by atoms with van der Waals surface area (Å²) in [5, 5.41) is 3.91. The summed E-state index contributed by atoms with van der Waals surface area (Å²) in [7, 11) is 1.93. The number of ether oxygens (including phenoxy) is 1. The first kappa shape index (κ1) is 17.8. The van der Waals surface area contributed by atoms with Gasteiger partial charge in [0.15, 0.2) is 15.6 Å². The van der Waals surface area contributed by atoms with Crippen molar-refractivity contribution in [1.82, 2.24) is 10.0 Å². The van der Waals surface area contributed by atoms with Crippen molar-refractivity contribution in [2.75, 3.05) is 32.7 Å². The van der Waals surface area contributed by atoms with E-state index >= 15 is 0 Å². The van der Waals surface area contributed by atoms with E-state index in [2.05, 4.69) is 0 Å². The monoisotopic (exact) mass is 366 g/mol. The van der Waals surface area contributed by atoms with Crippen molar-refractivity contribution in [2.45, 2.75) is 19.4 Å². The van der Waals surface area contributed by atoms with Crippen LogP contribution in [0.5, 0.6) is 5.75 Å². The van der Waals surface area contributed by atoms with Gasteiger partial charge in [0.2, 0.25) is 0 Å². The molecule has 0 N–H and O–H groups in total. The van der Waals surface area contributed by atoms with Crippen molar-refractivity contribution in [3.63, 3.8) is 0 Å². The number of hydrogen-bond donors (Lipinski definition) is 0. The van der Waals surface area contributed by atoms with Gasteiger partial charge >= 0.3 is 5.91 Å². The third kappa shape index (κ3) is 3.23. The van der Waals surface area contributed by atoms with Gasteiger partial charge < -0.3 is 9.15 Å². The Morgan fingerprint density at radius 3 is 2.60 bits per heavy atom. The SMILES string of the molecule is COc1ccc2oc(C(=O)N(C3CCS(=O)(=O)C3)N(C)C)c(C)c2c1. The summed E-state index contributed by atoms with van der Waals surface area (Å²) in [5.74, 6) is 0.651. The van der Waals surface area contributed by atoms with Gasteiger partial charge in [0, 0.05) is 25.0 Å². The van der Waals surface area contributed by atoms with Gasteiger partial charge in [-0.3, -0.25) is 9.80 Å². The number of carbonyl (C=O) groups is 1. The highest BCUT2D eigenvalue weighted by atomic mass is 32.2. The topological polar surface area (TPSA) is 80.1 Å². The second kappa shape index (κ2) is 6.34. The van der Waals surface area contributed by atoms with Crippen LogP contribution in [-0.4, -0.2) is 63.1 Å². The van der Waals surface area contributed by atoms with Crippen LogP contribution >= 0.6 is 0 Å². The molecule has 1 aromatic heterocycles. The Morgan fingerprint density at radius 1 is 1.32 bits per heavy atom. The molecule has 1 aromatic carbocycles. The number of carbonyl (C=O) groups excluding carboxylic acids is 1. The van der Waals surface area contributed by atoms with Crippen molar-refractivity contribution in [3.8, 4) is 5.75 Å². The van der Waals surface area contributed by atoms with Crippen LogP contribution in [0.4, 0.5) is 0 Å². The molecule has 136 valence electrons. The number of fused-ring (bicyclic) bond motifs is 1. The van der Waals surface area contributed by atoms with Crippen molar-refractivity contribution >= 4 is 26.7 Å². The molecule has 1 saturated heterocycles. The maximum Gasteiger partial charge on any atom is 0.304 e. The first-order valence-electron chi connectivity index (χ1n) is 8.02. The van der Waals surface area contributed by atoms with E-state index in [0.29, 0.717) is 23.3 Å². The van der Waals surface area contributed by atoms with E-state index in [4.69, 9.17) is 9.15 Å². The molecule has 7 nitrogen and oxygen atoms in total. The Kier molecular flexibility index (Phi) is 4.51. The van der Waals surface area contributed by atoms with Crippen LogP contribution < -0.4 is 4.74 Å². The second-order valence-corrected chi connectivity index (χ2v) is 8.70. The van der Waals surface area contributed by atoms with Gasteiger partial charge in [-0.25, -0.2) is 13.4 Å². The lowest BCUT2D eigenvalue weighted by Crippen LogP contribution is -2.49. The molecular formula is C17H22N2O5S. The summed E-state index contributed by atoms with van der Waals surface area (Å²) in [5.41, 5.74) is 1.31. The van der Waals surface area contributed by atoms with Crippen LogP contribution in [0, 0.1) is 6.92 Å². The summed E-state index contributed by atoms with van der Waals surface area (Å²) in [4.78, 5) is 13.1. The van der Waals surface area contributed by atoms with E-state index in [1.165, 1.54) is 5.01 Å². The Balaban J connectivity index is 2.00. The first-order chi connectivity index (χ1) is 11.7. The standard InChI is InChI=1S/C17H22N2O5S/c1-11-14-9-13(23-4)5-6-15(14)24-16(11)17(20)19(18(2)3)12-7-8-25(21,22)10-12/h5-6,9,12H,7-8,10H2,1-4H3. The molecule has 3 rings (SSSR count). The van der Waals surface area contributed by atoms with Gasteiger partial charge in [0.05, 0.1) is 24.7 Å². The average molecular weight is 366 g/mol. The van der Waals surface area contributed by atoms with Crippen LogP contribution in [0.1, 0.15) is 22.5 Å². The van der Waals surface area contributed by atoms with Crippen LogP contribution in [0.2, 0.25) is 0 Å². The van der Waals surface area contributed by atoms with E-state index in [-0.39, 0.29) is 29.2 Å². The van der Waals surface area contributed by atoms with E-state index in [0.717, 1.165) is 5.39 Å². The molecule has 1 aliphatic rings.